The molecule has 0 N–H and O–H groups in total. The number of fused-ring (bicyclic) bond motifs is 19. The summed E-state index contributed by atoms with van der Waals surface area (Å²) in [4.78, 5) is 5.21. The Bertz CT molecular complexity index is 8020. The van der Waals surface area contributed by atoms with Gasteiger partial charge in [0.05, 0.1) is 17.1 Å². The normalized spacial score (nSPS) is 20.1. The second-order valence-corrected chi connectivity index (χ2v) is 39.0. The minimum Gasteiger partial charge on any atom is -0.456 e. The van der Waals surface area contributed by atoms with E-state index in [9.17, 15) is 0 Å². The Hall–Kier alpha value is -14.9. The Morgan fingerprint density at radius 2 is 0.748 bits per heavy atom. The molecule has 4 heteroatoms. The number of hydrogen-bond acceptors (Lipinski definition) is 4. The van der Waals surface area contributed by atoms with Crippen molar-refractivity contribution >= 4 is 82.7 Å². The molecule has 6 atom stereocenters. The molecule has 20 aromatic rings. The van der Waals surface area contributed by atoms with E-state index in [1.807, 2.05) is 11.3 Å². The van der Waals surface area contributed by atoms with Gasteiger partial charge in [-0.3, -0.25) is 0 Å². The largest absolute Gasteiger partial charge is 0.456 e. The van der Waals surface area contributed by atoms with Gasteiger partial charge in [-0.05, 0) is 264 Å². The lowest BCUT2D eigenvalue weighted by atomic mass is 9.49. The van der Waals surface area contributed by atoms with Crippen molar-refractivity contribution in [1.82, 2.24) is 0 Å². The highest BCUT2D eigenvalue weighted by Crippen LogP contribution is 2.78. The first kappa shape index (κ1) is 76.1. The third kappa shape index (κ3) is 11.7. The number of rotatable bonds is 16. The third-order valence-corrected chi connectivity index (χ3v) is 32.9. The number of nitrogens with zero attached hydrogens (tertiary/aromatic N) is 2. The summed E-state index contributed by atoms with van der Waals surface area (Å²) in [6.45, 7) is 2.42. The fourth-order valence-corrected chi connectivity index (χ4v) is 27.3. The average molecular weight is 1690 g/mol. The Morgan fingerprint density at radius 1 is 0.305 bits per heavy atom. The zero-order valence-corrected chi connectivity index (χ0v) is 73.7. The predicted octanol–water partition coefficient (Wildman–Crippen LogP) is 34.3. The van der Waals surface area contributed by atoms with Gasteiger partial charge in [-0.15, -0.1) is 11.3 Å². The topological polar surface area (TPSA) is 19.6 Å². The highest BCUT2D eigenvalue weighted by atomic mass is 32.1. The van der Waals surface area contributed by atoms with Crippen molar-refractivity contribution in [1.29, 1.82) is 0 Å². The lowest BCUT2D eigenvalue weighted by Crippen LogP contribution is -2.50. The van der Waals surface area contributed by atoms with E-state index in [-0.39, 0.29) is 11.3 Å². The first-order valence-corrected chi connectivity index (χ1v) is 47.9. The van der Waals surface area contributed by atoms with Crippen LogP contribution < -0.4 is 9.80 Å². The number of benzene rings is 18. The molecular formula is C127H92N2OS. The quantitative estimate of drug-likeness (QED) is 0.0961. The van der Waals surface area contributed by atoms with E-state index in [1.165, 1.54) is 168 Å². The molecule has 1 spiro atoms. The standard InChI is InChI=1S/C127H92N2OS/c1-126(85-35-9-4-10-36-85)114-54-24-19-45-100(114)102-67-65-89(77-116(102)126)128(118-56-26-21-47-104(118)98-43-17-15-41-96(98)94-39-13-11-37-91(94)79-31-5-2-6-32-79)88-63-59-81(60-64-88)93-50-29-51-107-111-74-83(62-70-121(111)130-124(93)107)82-61-69-120(110(73-82)109-53-30-52-108-106-49-23-28-58-122(106)131-125(108)109)129(119-57-27-22-48-105(119)99-44-18-16-42-97(99)95-40-14-12-38-92(95)80-33-7-3-8-34-80)90-66-68-103-101-46-20-25-55-115(101)127(117(103)78-90)86-71-84-72-87(127)76-113-112(75-86)123(84)113/h2-70,73,77-78,83-84,86-87,112-113,123H,71-72,74-76H2,1H3. The Labute approximate surface area is 769 Å². The van der Waals surface area contributed by atoms with Crippen LogP contribution in [0.5, 0.6) is 0 Å². The molecule has 131 heavy (non-hydrogen) atoms. The van der Waals surface area contributed by atoms with Crippen LogP contribution in [0.2, 0.25) is 0 Å². The maximum atomic E-state index is 7.31. The van der Waals surface area contributed by atoms with Crippen LogP contribution in [0.1, 0.15) is 83.2 Å². The summed E-state index contributed by atoms with van der Waals surface area (Å²) in [6, 6.07) is 161. The number of allylic oxidation sites excluding steroid dienone is 1. The molecule has 6 unspecified atom stereocenters. The zero-order valence-electron chi connectivity index (χ0n) is 72.9. The minimum absolute atomic E-state index is 0.0255. The van der Waals surface area contributed by atoms with Gasteiger partial charge in [-0.2, -0.15) is 0 Å². The lowest BCUT2D eigenvalue weighted by molar-refractivity contribution is 0.0351. The van der Waals surface area contributed by atoms with Gasteiger partial charge in [0.25, 0.3) is 0 Å². The van der Waals surface area contributed by atoms with Gasteiger partial charge in [-0.25, -0.2) is 0 Å². The SMILES string of the molecule is CC1(c2ccccc2)c2ccccc2-c2ccc(N(c3ccc(-c4cccc5c6c(oc45)C=CC(c4ccc(N(c5ccc7c(c5)C5(c8ccccc8-7)C7CC8CC5CC5C(C7)C85)c5ccccc5-c5ccccc5-c5ccccc5-c5ccccc5)c(-c5cccc7c5sc5ccccc57)c4)C6)cc3)c3ccccc3-c3ccccc3-c3ccccc3-c3ccccc3)cc21. The van der Waals surface area contributed by atoms with Gasteiger partial charge in [0, 0.05) is 92.7 Å². The zero-order chi connectivity index (χ0) is 86.2. The van der Waals surface area contributed by atoms with Crippen LogP contribution in [0.15, 0.2) is 435 Å². The summed E-state index contributed by atoms with van der Waals surface area (Å²) >= 11 is 1.92. The van der Waals surface area contributed by atoms with Crippen molar-refractivity contribution in [3.8, 4) is 111 Å². The summed E-state index contributed by atoms with van der Waals surface area (Å²) in [7, 11) is 0. The molecule has 2 aromatic heterocycles. The first-order chi connectivity index (χ1) is 64.8. The smallest absolute Gasteiger partial charge is 0.142 e. The van der Waals surface area contributed by atoms with Crippen molar-refractivity contribution in [3.63, 3.8) is 0 Å². The molecule has 622 valence electrons. The van der Waals surface area contributed by atoms with Crippen LogP contribution in [0, 0.1) is 35.5 Å². The van der Waals surface area contributed by atoms with Crippen molar-refractivity contribution in [2.24, 2.45) is 35.5 Å². The van der Waals surface area contributed by atoms with Crippen LogP contribution in [0.3, 0.4) is 0 Å². The molecule has 7 aliphatic carbocycles. The maximum absolute atomic E-state index is 7.31. The molecule has 0 amide bonds. The van der Waals surface area contributed by atoms with Gasteiger partial charge in [0.2, 0.25) is 0 Å². The van der Waals surface area contributed by atoms with E-state index >= 15 is 0 Å². The Kier molecular flexibility index (Phi) is 17.5. The number of thiophene rings is 1. The monoisotopic (exact) mass is 1690 g/mol. The molecule has 0 saturated heterocycles. The molecular weight excluding hydrogens is 1600 g/mol. The Balaban J connectivity index is 0.598. The minimum atomic E-state index is -0.414. The molecule has 2 heterocycles. The van der Waals surface area contributed by atoms with Gasteiger partial charge < -0.3 is 14.2 Å². The van der Waals surface area contributed by atoms with E-state index in [2.05, 4.69) is 454 Å². The van der Waals surface area contributed by atoms with E-state index in [1.54, 1.807) is 11.1 Å². The van der Waals surface area contributed by atoms with Gasteiger partial charge in [-0.1, -0.05) is 364 Å². The van der Waals surface area contributed by atoms with Crippen molar-refractivity contribution < 1.29 is 4.42 Å². The van der Waals surface area contributed by atoms with Crippen molar-refractivity contribution in [3.05, 3.63) is 475 Å². The van der Waals surface area contributed by atoms with Gasteiger partial charge in [0.15, 0.2) is 0 Å². The number of hydrogen-bond donors (Lipinski definition) is 0. The van der Waals surface area contributed by atoms with Gasteiger partial charge >= 0.3 is 0 Å². The fraction of sp³-hybridized carbons (Fsp3) is 0.118. The number of para-hydroxylation sites is 3. The maximum Gasteiger partial charge on any atom is 0.142 e. The van der Waals surface area contributed by atoms with E-state index in [4.69, 9.17) is 4.42 Å². The second kappa shape index (κ2) is 30.1. The molecule has 18 aromatic carbocycles. The predicted molar refractivity (Wildman–Crippen MR) is 547 cm³/mol. The van der Waals surface area contributed by atoms with E-state index < -0.39 is 5.41 Å². The molecule has 4 saturated carbocycles. The second-order valence-electron chi connectivity index (χ2n) is 37.9. The fourth-order valence-electron chi connectivity index (χ4n) is 26.1. The van der Waals surface area contributed by atoms with Crippen molar-refractivity contribution in [2.45, 2.75) is 55.8 Å². The molecule has 3 bridgehead atoms. The summed E-state index contributed by atoms with van der Waals surface area (Å²) in [6.07, 6.45) is 10.9. The Morgan fingerprint density at radius 3 is 1.38 bits per heavy atom. The number of anilines is 6. The highest BCUT2D eigenvalue weighted by molar-refractivity contribution is 7.26. The van der Waals surface area contributed by atoms with Crippen LogP contribution >= 0.6 is 11.3 Å². The van der Waals surface area contributed by atoms with Crippen LogP contribution in [-0.4, -0.2) is 0 Å². The van der Waals surface area contributed by atoms with E-state index in [0.29, 0.717) is 11.8 Å². The van der Waals surface area contributed by atoms with Crippen LogP contribution in [0.4, 0.5) is 34.1 Å². The summed E-state index contributed by atoms with van der Waals surface area (Å²) in [5, 5.41) is 3.72. The molecule has 3 nitrogen and oxygen atoms in total. The van der Waals surface area contributed by atoms with Crippen LogP contribution in [-0.2, 0) is 17.3 Å². The summed E-state index contributed by atoms with van der Waals surface area (Å²) < 4.78 is 9.90. The highest BCUT2D eigenvalue weighted by Gasteiger charge is 2.71. The third-order valence-electron chi connectivity index (χ3n) is 31.7. The molecule has 27 rings (SSSR count). The van der Waals surface area contributed by atoms with Crippen molar-refractivity contribution in [2.75, 3.05) is 9.80 Å². The van der Waals surface area contributed by atoms with E-state index in [0.717, 1.165) is 97.5 Å². The molecule has 7 aliphatic rings. The molecule has 0 radical (unpaired) electrons. The summed E-state index contributed by atoms with van der Waals surface area (Å²) in [5.74, 6) is 5.77. The molecule has 4 fully saturated rings. The average Bonchev–Trinajstić information content (AvgIpc) is 1.49. The van der Waals surface area contributed by atoms with Crippen LogP contribution in [0.25, 0.3) is 148 Å². The lowest BCUT2D eigenvalue weighted by Gasteiger charge is -2.54. The van der Waals surface area contributed by atoms with Gasteiger partial charge in [0.1, 0.15) is 11.3 Å². The molecule has 0 aliphatic heterocycles. The first-order valence-electron chi connectivity index (χ1n) is 47.0. The summed E-state index contributed by atoms with van der Waals surface area (Å²) in [5.41, 5.74) is 40.9. The number of furan rings is 1.